The van der Waals surface area contributed by atoms with Crippen LogP contribution in [0.2, 0.25) is 6.04 Å². The maximum Gasteiger partial charge on any atom is 0.517 e. The highest BCUT2D eigenvalue weighted by molar-refractivity contribution is 8.13. The molecule has 0 aromatic rings. The number of unbranched alkanes of at least 4 members (excludes halogenated alkanes) is 28. The van der Waals surface area contributed by atoms with E-state index >= 15 is 0 Å². The monoisotopic (exact) mass is 770 g/mol. The van der Waals surface area contributed by atoms with Crippen LogP contribution in [0.1, 0.15) is 245 Å². The molecule has 0 radical (unpaired) electrons. The highest BCUT2D eigenvalue weighted by Crippen LogP contribution is 2.25. The predicted molar refractivity (Wildman–Crippen MR) is 231 cm³/mol. The normalized spacial score (nSPS) is 18.1. The molecule has 2 unspecified atom stereocenters. The lowest BCUT2D eigenvalue weighted by atomic mass is 9.97. The molecule has 0 aromatic carbocycles. The third-order valence-electron chi connectivity index (χ3n) is 11.1. The van der Waals surface area contributed by atoms with Gasteiger partial charge in [-0.1, -0.05) is 219 Å². The Kier molecular flexibility index (Phi) is 37.9. The zero-order valence-corrected chi connectivity index (χ0v) is 37.2. The van der Waals surface area contributed by atoms with Gasteiger partial charge in [-0.05, 0) is 38.0 Å². The molecule has 0 saturated carbocycles. The lowest BCUT2D eigenvalue weighted by molar-refractivity contribution is -0.111. The second kappa shape index (κ2) is 39.3. The number of nitrogens with one attached hydrogen (secondary N) is 1. The van der Waals surface area contributed by atoms with Gasteiger partial charge in [-0.2, -0.15) is 0 Å². The minimum Gasteiger partial charge on any atom is -0.373 e. The predicted octanol–water partition coefficient (Wildman–Crippen LogP) is 15.1. The molecule has 1 heterocycles. The van der Waals surface area contributed by atoms with Gasteiger partial charge in [-0.15, -0.1) is 0 Å². The molecule has 310 valence electrons. The molecule has 1 aliphatic rings. The lowest BCUT2D eigenvalue weighted by Crippen LogP contribution is -2.52. The number of carbonyl (C=O) groups is 1. The summed E-state index contributed by atoms with van der Waals surface area (Å²) in [5, 5.41) is 0.320. The van der Waals surface area contributed by atoms with Gasteiger partial charge in [0.2, 0.25) is 0 Å². The van der Waals surface area contributed by atoms with Gasteiger partial charge in [0.15, 0.2) is 5.12 Å². The average molecular weight is 770 g/mol. The Balaban J connectivity index is 2.23. The summed E-state index contributed by atoms with van der Waals surface area (Å²) in [7, 11) is -2.81. The molecule has 1 N–H and O–H groups in total. The number of thioether (sulfide) groups is 1. The van der Waals surface area contributed by atoms with Gasteiger partial charge in [0.25, 0.3) is 0 Å². The van der Waals surface area contributed by atoms with Crippen LogP contribution in [0.15, 0.2) is 0 Å². The Bertz CT molecular complexity index is 729. The van der Waals surface area contributed by atoms with E-state index in [0.717, 1.165) is 63.7 Å². The van der Waals surface area contributed by atoms with Gasteiger partial charge in [0.05, 0.1) is 0 Å². The van der Waals surface area contributed by atoms with E-state index in [1.807, 2.05) is 0 Å². The number of carbonyl (C=O) groups excluding carboxylic acids is 1. The van der Waals surface area contributed by atoms with Crippen molar-refractivity contribution in [3.8, 4) is 0 Å². The van der Waals surface area contributed by atoms with Crippen molar-refractivity contribution in [1.29, 1.82) is 0 Å². The Morgan fingerprint density at radius 3 is 1.52 bits per heavy atom. The van der Waals surface area contributed by atoms with E-state index in [9.17, 15) is 4.79 Å². The van der Waals surface area contributed by atoms with E-state index in [0.29, 0.717) is 17.5 Å². The van der Waals surface area contributed by atoms with Crippen molar-refractivity contribution < 1.29 is 18.2 Å². The number of hydroxylamine groups is 1. The fourth-order valence-electron chi connectivity index (χ4n) is 7.49. The van der Waals surface area contributed by atoms with Crippen LogP contribution in [0.25, 0.3) is 0 Å². The highest BCUT2D eigenvalue weighted by Gasteiger charge is 2.42. The van der Waals surface area contributed by atoms with Gasteiger partial charge >= 0.3 is 8.80 Å². The fourth-order valence-corrected chi connectivity index (χ4v) is 10.9. The standard InChI is InChI=1S/C45H91NO4SSi/c1-4-7-10-12-14-16-18-20-21-22-24-26-28-30-32-34-39-48-52(42-35-41-51-45(47)37-9-6-3)49-40-38-44(43-46-50-52)36-33-31-29-27-25-23-19-17-15-13-11-8-5-2/h44,46H,4-43H2,1-3H3. The molecule has 52 heavy (non-hydrogen) atoms. The van der Waals surface area contributed by atoms with Crippen LogP contribution in [0.4, 0.5) is 0 Å². The summed E-state index contributed by atoms with van der Waals surface area (Å²) in [6.45, 7) is 9.08. The van der Waals surface area contributed by atoms with E-state index in [2.05, 4.69) is 26.3 Å². The second-order valence-electron chi connectivity index (χ2n) is 16.2. The van der Waals surface area contributed by atoms with E-state index in [1.54, 1.807) is 0 Å². The first-order chi connectivity index (χ1) is 25.7. The molecule has 0 amide bonds. The van der Waals surface area contributed by atoms with Crippen molar-refractivity contribution in [2.24, 2.45) is 5.92 Å². The fraction of sp³-hybridized carbons (Fsp3) is 0.978. The first-order valence-corrected chi connectivity index (χ1v) is 26.4. The SMILES string of the molecule is CCCCCCCCCCCCCCCCCCO[Si]1(CCCSC(=O)CCCC)OCCC(CCCCCCCCCCCCCCC)CNO1. The molecule has 7 heteroatoms. The molecule has 5 nitrogen and oxygen atoms in total. The molecule has 2 atom stereocenters. The maximum absolute atomic E-state index is 12.2. The Morgan fingerprint density at radius 1 is 0.596 bits per heavy atom. The second-order valence-corrected chi connectivity index (χ2v) is 20.0. The maximum atomic E-state index is 12.2. The van der Waals surface area contributed by atoms with Crippen LogP contribution in [0.3, 0.4) is 0 Å². The van der Waals surface area contributed by atoms with Crippen LogP contribution < -0.4 is 5.48 Å². The molecule has 0 spiro atoms. The van der Waals surface area contributed by atoms with Crippen molar-refractivity contribution in [2.45, 2.75) is 252 Å². The Labute approximate surface area is 331 Å². The molecule has 0 bridgehead atoms. The summed E-state index contributed by atoms with van der Waals surface area (Å²) >= 11 is 1.48. The molecule has 0 aliphatic carbocycles. The van der Waals surface area contributed by atoms with E-state index in [1.165, 1.54) is 198 Å². The Morgan fingerprint density at radius 2 is 1.04 bits per heavy atom. The molecular formula is C45H91NO4SSi. The summed E-state index contributed by atoms with van der Waals surface area (Å²) in [6.07, 6.45) is 46.2. The topological polar surface area (TPSA) is 56.8 Å². The van der Waals surface area contributed by atoms with E-state index in [4.69, 9.17) is 13.4 Å². The highest BCUT2D eigenvalue weighted by atomic mass is 32.2. The van der Waals surface area contributed by atoms with Crippen LogP contribution in [0, 0.1) is 5.92 Å². The zero-order chi connectivity index (χ0) is 37.5. The largest absolute Gasteiger partial charge is 0.517 e. The third kappa shape index (κ3) is 32.3. The summed E-state index contributed by atoms with van der Waals surface area (Å²) < 4.78 is 19.5. The van der Waals surface area contributed by atoms with Crippen molar-refractivity contribution in [3.63, 3.8) is 0 Å². The minimum absolute atomic E-state index is 0.320. The molecule has 1 saturated heterocycles. The minimum atomic E-state index is -2.81. The molecular weight excluding hydrogens is 679 g/mol. The van der Waals surface area contributed by atoms with Crippen molar-refractivity contribution in [3.05, 3.63) is 0 Å². The molecule has 1 fully saturated rings. The van der Waals surface area contributed by atoms with Gasteiger partial charge in [0, 0.05) is 38.0 Å². The summed E-state index contributed by atoms with van der Waals surface area (Å²) in [5.41, 5.74) is 3.35. The van der Waals surface area contributed by atoms with Crippen LogP contribution in [-0.2, 0) is 18.2 Å². The number of hydrogen-bond donors (Lipinski definition) is 1. The van der Waals surface area contributed by atoms with Gasteiger partial charge in [-0.3, -0.25) is 9.32 Å². The van der Waals surface area contributed by atoms with Crippen molar-refractivity contribution in [2.75, 3.05) is 25.5 Å². The van der Waals surface area contributed by atoms with Crippen LogP contribution >= 0.6 is 11.8 Å². The van der Waals surface area contributed by atoms with E-state index < -0.39 is 8.80 Å². The molecule has 1 aliphatic heterocycles. The van der Waals surface area contributed by atoms with Gasteiger partial charge in [-0.25, -0.2) is 5.48 Å². The van der Waals surface area contributed by atoms with Crippen molar-refractivity contribution >= 4 is 25.7 Å². The van der Waals surface area contributed by atoms with Gasteiger partial charge in [0.1, 0.15) is 0 Å². The van der Waals surface area contributed by atoms with Crippen LogP contribution in [-0.4, -0.2) is 39.4 Å². The molecule has 1 rings (SSSR count). The average Bonchev–Trinajstić information content (AvgIpc) is 3.14. The third-order valence-corrected chi connectivity index (χ3v) is 14.8. The smallest absolute Gasteiger partial charge is 0.373 e. The molecule has 0 aromatic heterocycles. The van der Waals surface area contributed by atoms with Gasteiger partial charge < -0.3 is 8.85 Å². The first kappa shape index (κ1) is 50.1. The van der Waals surface area contributed by atoms with Crippen molar-refractivity contribution in [1.82, 2.24) is 5.48 Å². The first-order valence-electron chi connectivity index (χ1n) is 23.5. The van der Waals surface area contributed by atoms with E-state index in [-0.39, 0.29) is 0 Å². The number of rotatable bonds is 39. The quantitative estimate of drug-likeness (QED) is 0.0496. The Hall–Kier alpha value is 0.0769. The number of hydrogen-bond acceptors (Lipinski definition) is 6. The zero-order valence-electron chi connectivity index (χ0n) is 35.4. The van der Waals surface area contributed by atoms with Crippen LogP contribution in [0.5, 0.6) is 0 Å². The summed E-state index contributed by atoms with van der Waals surface area (Å²) in [6, 6.07) is 0.788. The lowest BCUT2D eigenvalue weighted by Gasteiger charge is -2.33. The summed E-state index contributed by atoms with van der Waals surface area (Å²) in [5.74, 6) is 1.43. The summed E-state index contributed by atoms with van der Waals surface area (Å²) in [4.78, 5) is 12.2.